The fraction of sp³-hybridized carbons (Fsp3) is 0.0909. The van der Waals surface area contributed by atoms with Crippen LogP contribution in [0, 0.1) is 0 Å². The molecule has 1 amide bonds. The number of nitrogens with zero attached hydrogens (tertiary/aromatic N) is 1. The second kappa shape index (κ2) is 7.44. The van der Waals surface area contributed by atoms with Crippen molar-refractivity contribution >= 4 is 17.2 Å². The van der Waals surface area contributed by atoms with Crippen LogP contribution in [0.25, 0.3) is 21.8 Å². The second-order valence-corrected chi connectivity index (χ2v) is 7.32. The summed E-state index contributed by atoms with van der Waals surface area (Å²) in [5.74, 6) is 1.59. The van der Waals surface area contributed by atoms with Gasteiger partial charge >= 0.3 is 0 Å². The van der Waals surface area contributed by atoms with E-state index in [0.29, 0.717) is 12.3 Å². The summed E-state index contributed by atoms with van der Waals surface area (Å²) in [6.45, 7) is 0.690. The van der Waals surface area contributed by atoms with E-state index in [4.69, 9.17) is 18.9 Å². The average molecular weight is 404 g/mol. The fourth-order valence-electron chi connectivity index (χ4n) is 3.04. The summed E-state index contributed by atoms with van der Waals surface area (Å²) in [7, 11) is 0. The number of benzene rings is 2. The molecule has 0 fully saturated rings. The molecule has 6 nitrogen and oxygen atoms in total. The van der Waals surface area contributed by atoms with Gasteiger partial charge in [-0.15, -0.1) is 11.3 Å². The van der Waals surface area contributed by atoms with E-state index in [1.807, 2.05) is 47.8 Å². The Balaban J connectivity index is 1.28. The number of ether oxygens (including phenoxy) is 2. The predicted molar refractivity (Wildman–Crippen MR) is 109 cm³/mol. The molecule has 2 aromatic carbocycles. The minimum Gasteiger partial charge on any atom is -0.459 e. The lowest BCUT2D eigenvalue weighted by Gasteiger charge is -2.04. The van der Waals surface area contributed by atoms with Crippen molar-refractivity contribution in [1.29, 1.82) is 0 Å². The van der Waals surface area contributed by atoms with Crippen molar-refractivity contribution in [1.82, 2.24) is 10.3 Å². The molecule has 5 rings (SSSR count). The zero-order valence-electron chi connectivity index (χ0n) is 15.3. The smallest absolute Gasteiger partial charge is 0.287 e. The molecule has 0 spiro atoms. The zero-order valence-corrected chi connectivity index (χ0v) is 16.1. The molecule has 0 aliphatic carbocycles. The van der Waals surface area contributed by atoms with Gasteiger partial charge in [0.15, 0.2) is 17.3 Å². The first-order valence-electron chi connectivity index (χ1n) is 9.03. The molecule has 1 aliphatic rings. The number of amides is 1. The highest BCUT2D eigenvalue weighted by Crippen LogP contribution is 2.37. The maximum atomic E-state index is 11.9. The first-order chi connectivity index (χ1) is 14.3. The summed E-state index contributed by atoms with van der Waals surface area (Å²) in [4.78, 5) is 16.7. The second-order valence-electron chi connectivity index (χ2n) is 6.46. The van der Waals surface area contributed by atoms with Crippen molar-refractivity contribution in [3.8, 4) is 33.3 Å². The van der Waals surface area contributed by atoms with Gasteiger partial charge in [0.25, 0.3) is 5.91 Å². The van der Waals surface area contributed by atoms with Crippen LogP contribution < -0.4 is 14.8 Å². The lowest BCUT2D eigenvalue weighted by molar-refractivity contribution is 0.0923. The molecule has 4 aromatic rings. The third-order valence-electron chi connectivity index (χ3n) is 4.57. The number of carbonyl (C=O) groups excluding carboxylic acids is 1. The van der Waals surface area contributed by atoms with Crippen molar-refractivity contribution in [2.24, 2.45) is 0 Å². The summed E-state index contributed by atoms with van der Waals surface area (Å²) in [6, 6.07) is 17.2. The van der Waals surface area contributed by atoms with Crippen LogP contribution in [0.1, 0.15) is 16.1 Å². The van der Waals surface area contributed by atoms with Crippen molar-refractivity contribution in [3.05, 3.63) is 77.6 Å². The Morgan fingerprint density at radius 1 is 1.03 bits per heavy atom. The number of rotatable bonds is 5. The monoisotopic (exact) mass is 404 g/mol. The van der Waals surface area contributed by atoms with Gasteiger partial charge in [-0.05, 0) is 35.9 Å². The van der Waals surface area contributed by atoms with Crippen LogP contribution in [0.5, 0.6) is 11.5 Å². The Morgan fingerprint density at radius 2 is 1.86 bits per heavy atom. The first-order valence-corrected chi connectivity index (χ1v) is 9.91. The van der Waals surface area contributed by atoms with Gasteiger partial charge in [-0.1, -0.05) is 24.3 Å². The third kappa shape index (κ3) is 3.60. The minimum atomic E-state index is -0.229. The fourth-order valence-corrected chi connectivity index (χ4v) is 3.87. The Hall–Kier alpha value is -3.58. The maximum Gasteiger partial charge on any atom is 0.287 e. The highest BCUT2D eigenvalue weighted by atomic mass is 32.1. The van der Waals surface area contributed by atoms with Gasteiger partial charge in [0.1, 0.15) is 5.01 Å². The van der Waals surface area contributed by atoms with Crippen molar-refractivity contribution in [2.45, 2.75) is 6.54 Å². The molecule has 0 unspecified atom stereocenters. The van der Waals surface area contributed by atoms with Crippen LogP contribution in [0.15, 0.2) is 70.7 Å². The molecule has 0 saturated heterocycles. The molecule has 3 heterocycles. The highest BCUT2D eigenvalue weighted by Gasteiger charge is 2.15. The quantitative estimate of drug-likeness (QED) is 0.521. The largest absolute Gasteiger partial charge is 0.459 e. The Labute approximate surface area is 170 Å². The van der Waals surface area contributed by atoms with E-state index in [0.717, 1.165) is 38.9 Å². The SMILES string of the molecule is O=C(NCc1ccc(-c2nc(-c3ccc4c(c3)OCO4)cs2)cc1)c1ccco1. The number of hydrogen-bond donors (Lipinski definition) is 1. The van der Waals surface area contributed by atoms with Gasteiger partial charge in [0.05, 0.1) is 12.0 Å². The Kier molecular flexibility index (Phi) is 4.50. The van der Waals surface area contributed by atoms with E-state index in [1.54, 1.807) is 23.5 Å². The van der Waals surface area contributed by atoms with Crippen LogP contribution in [0.4, 0.5) is 0 Å². The zero-order chi connectivity index (χ0) is 19.6. The third-order valence-corrected chi connectivity index (χ3v) is 5.46. The van der Waals surface area contributed by atoms with Crippen molar-refractivity contribution < 1.29 is 18.7 Å². The van der Waals surface area contributed by atoms with Crippen molar-refractivity contribution in [2.75, 3.05) is 6.79 Å². The average Bonchev–Trinajstić information content (AvgIpc) is 3.53. The van der Waals surface area contributed by atoms with Crippen molar-refractivity contribution in [3.63, 3.8) is 0 Å². The number of carbonyl (C=O) groups is 1. The molecule has 0 radical (unpaired) electrons. The summed E-state index contributed by atoms with van der Waals surface area (Å²) in [6.07, 6.45) is 1.48. The molecule has 0 saturated carbocycles. The van der Waals surface area contributed by atoms with E-state index < -0.39 is 0 Å². The van der Waals surface area contributed by atoms with E-state index in [9.17, 15) is 4.79 Å². The molecule has 2 aromatic heterocycles. The lowest BCUT2D eigenvalue weighted by atomic mass is 10.1. The predicted octanol–water partition coefficient (Wildman–Crippen LogP) is 4.73. The number of nitrogens with one attached hydrogen (secondary N) is 1. The number of fused-ring (bicyclic) bond motifs is 1. The summed E-state index contributed by atoms with van der Waals surface area (Å²) < 4.78 is 15.9. The Morgan fingerprint density at radius 3 is 2.69 bits per heavy atom. The molecule has 1 N–H and O–H groups in total. The molecule has 144 valence electrons. The maximum absolute atomic E-state index is 11.9. The minimum absolute atomic E-state index is 0.229. The summed E-state index contributed by atoms with van der Waals surface area (Å²) >= 11 is 1.59. The Bertz CT molecular complexity index is 1150. The molecule has 1 aliphatic heterocycles. The summed E-state index contributed by atoms with van der Waals surface area (Å²) in [5, 5.41) is 5.81. The first kappa shape index (κ1) is 17.5. The van der Waals surface area contributed by atoms with E-state index in [1.165, 1.54) is 6.26 Å². The molecule has 7 heteroatoms. The van der Waals surface area contributed by atoms with E-state index >= 15 is 0 Å². The molecular weight excluding hydrogens is 388 g/mol. The van der Waals surface area contributed by atoms with Gasteiger partial charge in [0.2, 0.25) is 6.79 Å². The molecule has 0 bridgehead atoms. The highest BCUT2D eigenvalue weighted by molar-refractivity contribution is 7.13. The standard InChI is InChI=1S/C22H16N2O4S/c25-21(19-2-1-9-26-19)23-11-14-3-5-15(6-4-14)22-24-17(12-29-22)16-7-8-18-20(10-16)28-13-27-18/h1-10,12H,11,13H2,(H,23,25). The normalized spacial score (nSPS) is 12.1. The molecular formula is C22H16N2O4S. The number of hydrogen-bond acceptors (Lipinski definition) is 6. The molecule has 0 atom stereocenters. The van der Waals surface area contributed by atoms with Gasteiger partial charge in [0, 0.05) is 23.1 Å². The van der Waals surface area contributed by atoms with E-state index in [-0.39, 0.29) is 12.7 Å². The van der Waals surface area contributed by atoms with Gasteiger partial charge < -0.3 is 19.2 Å². The molecule has 29 heavy (non-hydrogen) atoms. The number of furan rings is 1. The van der Waals surface area contributed by atoms with Crippen LogP contribution in [-0.4, -0.2) is 17.7 Å². The van der Waals surface area contributed by atoms with E-state index in [2.05, 4.69) is 5.32 Å². The number of aromatic nitrogens is 1. The van der Waals surface area contributed by atoms with Crippen LogP contribution in [-0.2, 0) is 6.54 Å². The van der Waals surface area contributed by atoms with Crippen LogP contribution in [0.3, 0.4) is 0 Å². The van der Waals surface area contributed by atoms with Gasteiger partial charge in [-0.3, -0.25) is 4.79 Å². The van der Waals surface area contributed by atoms with Crippen LogP contribution in [0.2, 0.25) is 0 Å². The lowest BCUT2D eigenvalue weighted by Crippen LogP contribution is -2.22. The topological polar surface area (TPSA) is 73.6 Å². The van der Waals surface area contributed by atoms with Crippen LogP contribution >= 0.6 is 11.3 Å². The number of thiazole rings is 1. The van der Waals surface area contributed by atoms with Gasteiger partial charge in [-0.25, -0.2) is 4.98 Å². The van der Waals surface area contributed by atoms with Gasteiger partial charge in [-0.2, -0.15) is 0 Å². The summed E-state index contributed by atoms with van der Waals surface area (Å²) in [5.41, 5.74) is 3.93.